The number of hydrogen-bond acceptors (Lipinski definition) is 5. The molecule has 0 aromatic rings. The van der Waals surface area contributed by atoms with Crippen LogP contribution in [0.2, 0.25) is 0 Å². The number of methoxy groups -OCH3 is 1. The third-order valence-electron chi connectivity index (χ3n) is 3.10. The number of piperidine rings is 1. The number of likely N-dealkylation sites (tertiary alicyclic amines) is 1. The van der Waals surface area contributed by atoms with Gasteiger partial charge in [0.15, 0.2) is 0 Å². The van der Waals surface area contributed by atoms with Crippen LogP contribution in [0.15, 0.2) is 12.2 Å². The Labute approximate surface area is 131 Å². The molecular formula is C15H26N4O3. The number of carbonyl (C=O) groups excluding carboxylic acids is 1. The zero-order valence-electron chi connectivity index (χ0n) is 13.7. The lowest BCUT2D eigenvalue weighted by atomic mass is 10.1. The van der Waals surface area contributed by atoms with Crippen LogP contribution in [-0.2, 0) is 9.47 Å². The lowest BCUT2D eigenvalue weighted by molar-refractivity contribution is 0.0486. The first-order valence-electron chi connectivity index (χ1n) is 7.35. The van der Waals surface area contributed by atoms with Crippen molar-refractivity contribution in [1.29, 1.82) is 10.8 Å². The molecule has 124 valence electrons. The first-order valence-corrected chi connectivity index (χ1v) is 7.35. The van der Waals surface area contributed by atoms with Crippen molar-refractivity contribution in [2.45, 2.75) is 45.3 Å². The van der Waals surface area contributed by atoms with Gasteiger partial charge in [-0.2, -0.15) is 0 Å². The van der Waals surface area contributed by atoms with Crippen LogP contribution < -0.4 is 5.32 Å². The highest BCUT2D eigenvalue weighted by Crippen LogP contribution is 2.12. The summed E-state index contributed by atoms with van der Waals surface area (Å²) in [5.41, 5.74) is -0.519. The summed E-state index contributed by atoms with van der Waals surface area (Å²) < 4.78 is 9.96. The van der Waals surface area contributed by atoms with Crippen molar-refractivity contribution in [2.75, 3.05) is 20.2 Å². The Balaban J connectivity index is 2.50. The molecule has 0 aromatic heterocycles. The molecule has 1 heterocycles. The van der Waals surface area contributed by atoms with E-state index in [0.29, 0.717) is 12.4 Å². The van der Waals surface area contributed by atoms with Crippen LogP contribution in [0.1, 0.15) is 33.6 Å². The fourth-order valence-corrected chi connectivity index (χ4v) is 2.12. The molecule has 1 atom stereocenters. The van der Waals surface area contributed by atoms with E-state index in [1.807, 2.05) is 25.7 Å². The molecule has 22 heavy (non-hydrogen) atoms. The van der Waals surface area contributed by atoms with E-state index in [9.17, 15) is 4.79 Å². The molecule has 0 saturated carbocycles. The van der Waals surface area contributed by atoms with E-state index in [1.165, 1.54) is 19.3 Å². The lowest BCUT2D eigenvalue weighted by Crippen LogP contribution is -2.50. The van der Waals surface area contributed by atoms with Gasteiger partial charge in [0, 0.05) is 25.2 Å². The molecule has 0 radical (unpaired) electrons. The molecule has 7 heteroatoms. The van der Waals surface area contributed by atoms with E-state index in [4.69, 9.17) is 20.3 Å². The molecule has 0 spiro atoms. The predicted molar refractivity (Wildman–Crippen MR) is 85.6 cm³/mol. The summed E-state index contributed by atoms with van der Waals surface area (Å²) >= 11 is 0. The van der Waals surface area contributed by atoms with E-state index in [1.54, 1.807) is 0 Å². The highest BCUT2D eigenvalue weighted by molar-refractivity contribution is 5.97. The molecule has 1 fully saturated rings. The fraction of sp³-hybridized carbons (Fsp3) is 0.667. The molecule has 1 unspecified atom stereocenters. The van der Waals surface area contributed by atoms with Crippen LogP contribution in [0.4, 0.5) is 4.79 Å². The Hall–Kier alpha value is -2.05. The summed E-state index contributed by atoms with van der Waals surface area (Å²) in [5.74, 6) is 0.308. The highest BCUT2D eigenvalue weighted by atomic mass is 16.6. The van der Waals surface area contributed by atoms with Gasteiger partial charge in [-0.3, -0.25) is 10.8 Å². The van der Waals surface area contributed by atoms with Crippen molar-refractivity contribution < 1.29 is 14.3 Å². The topological polar surface area (TPSA) is 98.5 Å². The van der Waals surface area contributed by atoms with Gasteiger partial charge in [-0.25, -0.2) is 4.79 Å². The molecule has 1 saturated heterocycles. The van der Waals surface area contributed by atoms with E-state index < -0.39 is 11.7 Å². The second-order valence-electron chi connectivity index (χ2n) is 6.22. The normalized spacial score (nSPS) is 18.9. The molecule has 7 nitrogen and oxygen atoms in total. The zero-order valence-corrected chi connectivity index (χ0v) is 13.7. The second-order valence-corrected chi connectivity index (χ2v) is 6.22. The Morgan fingerprint density at radius 2 is 2.00 bits per heavy atom. The van der Waals surface area contributed by atoms with E-state index in [-0.39, 0.29) is 11.9 Å². The first-order chi connectivity index (χ1) is 10.2. The van der Waals surface area contributed by atoms with Crippen LogP contribution in [0.5, 0.6) is 0 Å². The number of carbonyl (C=O) groups is 1. The van der Waals surface area contributed by atoms with Gasteiger partial charge in [0.1, 0.15) is 11.4 Å². The maximum absolute atomic E-state index is 11.8. The number of amidine groups is 1. The van der Waals surface area contributed by atoms with Gasteiger partial charge in [0.05, 0.1) is 7.11 Å². The molecule has 1 aliphatic heterocycles. The SMILES string of the molecule is COC(=N)/C=C\C(=N)N1CCCC(NC(=O)OC(C)(C)C)C1. The predicted octanol–water partition coefficient (Wildman–Crippen LogP) is 2.13. The van der Waals surface area contributed by atoms with Gasteiger partial charge < -0.3 is 19.7 Å². The quantitative estimate of drug-likeness (QED) is 0.549. The first kappa shape index (κ1) is 18.0. The molecule has 3 N–H and O–H groups in total. The molecular weight excluding hydrogens is 284 g/mol. The Morgan fingerprint density at radius 3 is 2.59 bits per heavy atom. The number of hydrogen-bond donors (Lipinski definition) is 3. The zero-order chi connectivity index (χ0) is 16.8. The van der Waals surface area contributed by atoms with Gasteiger partial charge in [-0.05, 0) is 39.7 Å². The molecule has 0 aliphatic carbocycles. The number of alkyl carbamates (subject to hydrolysis) is 1. The van der Waals surface area contributed by atoms with Gasteiger partial charge in [0.25, 0.3) is 0 Å². The summed E-state index contributed by atoms with van der Waals surface area (Å²) in [6.07, 6.45) is 4.29. The number of rotatable bonds is 3. The number of nitrogens with one attached hydrogen (secondary N) is 3. The average Bonchev–Trinajstić information content (AvgIpc) is 2.42. The smallest absolute Gasteiger partial charge is 0.407 e. The molecule has 1 amide bonds. The van der Waals surface area contributed by atoms with Crippen molar-refractivity contribution in [3.05, 3.63) is 12.2 Å². The van der Waals surface area contributed by atoms with Gasteiger partial charge in [-0.15, -0.1) is 0 Å². The summed E-state index contributed by atoms with van der Waals surface area (Å²) in [6.45, 7) is 6.79. The summed E-state index contributed by atoms with van der Waals surface area (Å²) in [6, 6.07) is -0.0424. The van der Waals surface area contributed by atoms with Crippen molar-refractivity contribution in [2.24, 2.45) is 0 Å². The number of amides is 1. The summed E-state index contributed by atoms with van der Waals surface area (Å²) in [4.78, 5) is 13.7. The summed E-state index contributed by atoms with van der Waals surface area (Å²) in [5, 5.41) is 18.2. The van der Waals surface area contributed by atoms with Gasteiger partial charge >= 0.3 is 6.09 Å². The van der Waals surface area contributed by atoms with Crippen molar-refractivity contribution in [1.82, 2.24) is 10.2 Å². The second kappa shape index (κ2) is 7.82. The maximum Gasteiger partial charge on any atom is 0.407 e. The fourth-order valence-electron chi connectivity index (χ4n) is 2.12. The minimum Gasteiger partial charge on any atom is -0.481 e. The van der Waals surface area contributed by atoms with Crippen molar-refractivity contribution >= 4 is 17.8 Å². The third-order valence-corrected chi connectivity index (χ3v) is 3.10. The molecule has 0 bridgehead atoms. The Morgan fingerprint density at radius 1 is 1.32 bits per heavy atom. The monoisotopic (exact) mass is 310 g/mol. The van der Waals surface area contributed by atoms with E-state index in [2.05, 4.69) is 5.32 Å². The summed E-state index contributed by atoms with van der Waals surface area (Å²) in [7, 11) is 1.41. The number of ether oxygens (including phenoxy) is 2. The average molecular weight is 310 g/mol. The molecule has 1 aliphatic rings. The highest BCUT2D eigenvalue weighted by Gasteiger charge is 2.24. The molecule has 0 aromatic carbocycles. The van der Waals surface area contributed by atoms with Crippen LogP contribution >= 0.6 is 0 Å². The van der Waals surface area contributed by atoms with Gasteiger partial charge in [-0.1, -0.05) is 0 Å². The maximum atomic E-state index is 11.8. The standard InChI is InChI=1S/C15H26N4O3/c1-15(2,3)22-14(20)18-11-6-5-9-19(10-11)12(16)7-8-13(17)21-4/h7-8,11,16-17H,5-6,9-10H2,1-4H3,(H,18,20)/b8-7-,16-12?,17-13?. The van der Waals surface area contributed by atoms with E-state index >= 15 is 0 Å². The largest absolute Gasteiger partial charge is 0.481 e. The third kappa shape index (κ3) is 6.60. The van der Waals surface area contributed by atoms with Crippen LogP contribution in [0.25, 0.3) is 0 Å². The van der Waals surface area contributed by atoms with Crippen molar-refractivity contribution in [3.63, 3.8) is 0 Å². The van der Waals surface area contributed by atoms with Crippen LogP contribution in [0.3, 0.4) is 0 Å². The Bertz CT molecular complexity index is 454. The van der Waals surface area contributed by atoms with Crippen molar-refractivity contribution in [3.8, 4) is 0 Å². The van der Waals surface area contributed by atoms with E-state index in [0.717, 1.165) is 19.4 Å². The lowest BCUT2D eigenvalue weighted by Gasteiger charge is -2.34. The minimum atomic E-state index is -0.519. The minimum absolute atomic E-state index is 0.00481. The van der Waals surface area contributed by atoms with Gasteiger partial charge in [0.2, 0.25) is 5.90 Å². The molecule has 1 rings (SSSR count). The van der Waals surface area contributed by atoms with Crippen LogP contribution in [-0.4, -0.2) is 54.6 Å². The van der Waals surface area contributed by atoms with Crippen LogP contribution in [0, 0.1) is 10.8 Å². The number of nitrogens with zero attached hydrogens (tertiary/aromatic N) is 1. The Kier molecular flexibility index (Phi) is 6.39.